The van der Waals surface area contributed by atoms with Gasteiger partial charge in [-0.3, -0.25) is 24.1 Å². The van der Waals surface area contributed by atoms with Crippen molar-refractivity contribution in [2.45, 2.75) is 24.5 Å². The molecule has 1 amide bonds. The fraction of sp³-hybridized carbons (Fsp3) is 0.286. The summed E-state index contributed by atoms with van der Waals surface area (Å²) >= 11 is 0. The number of carbonyl (C=O) groups excluding carboxylic acids is 4. The third-order valence-corrected chi connectivity index (χ3v) is 7.94. The van der Waals surface area contributed by atoms with Crippen LogP contribution in [0.4, 0.5) is 0 Å². The summed E-state index contributed by atoms with van der Waals surface area (Å²) in [5, 5.41) is 44.6. The van der Waals surface area contributed by atoms with E-state index in [2.05, 4.69) is 0 Å². The molecule has 3 aliphatic carbocycles. The number of nitrogens with zero attached hydrogens (tertiary/aromatic N) is 1. The smallest absolute Gasteiger partial charge is 0.255 e. The number of rotatable bonds is 4. The second kappa shape index (κ2) is 8.64. The molecule has 10 nitrogen and oxygen atoms in total. The number of aliphatic hydroxyl groups excluding tert-OH is 2. The highest BCUT2D eigenvalue weighted by molar-refractivity contribution is 6.24. The van der Waals surface area contributed by atoms with Gasteiger partial charge in [0.1, 0.15) is 29.1 Å². The summed E-state index contributed by atoms with van der Waals surface area (Å²) in [6.45, 7) is 0. The molecule has 3 aliphatic rings. The van der Waals surface area contributed by atoms with E-state index < -0.39 is 58.0 Å². The van der Waals surface area contributed by atoms with Crippen LogP contribution >= 0.6 is 0 Å². The van der Waals surface area contributed by atoms with Crippen molar-refractivity contribution in [1.29, 1.82) is 0 Å². The van der Waals surface area contributed by atoms with Crippen LogP contribution in [0.3, 0.4) is 0 Å². The van der Waals surface area contributed by atoms with Crippen molar-refractivity contribution in [3.05, 3.63) is 70.0 Å². The Morgan fingerprint density at radius 2 is 1.84 bits per heavy atom. The van der Waals surface area contributed by atoms with Gasteiger partial charge in [-0.05, 0) is 61.7 Å². The normalized spacial score (nSPS) is 26.7. The van der Waals surface area contributed by atoms with Crippen molar-refractivity contribution in [2.75, 3.05) is 14.1 Å². The minimum Gasteiger partial charge on any atom is -0.508 e. The molecule has 0 unspecified atom stereocenters. The molecule has 0 bridgehead atoms. The molecule has 196 valence electrons. The van der Waals surface area contributed by atoms with Crippen molar-refractivity contribution in [3.8, 4) is 16.9 Å². The van der Waals surface area contributed by atoms with Crippen LogP contribution in [-0.4, -0.2) is 74.8 Å². The fourth-order valence-electron chi connectivity index (χ4n) is 6.29. The number of primary amides is 1. The highest BCUT2D eigenvalue weighted by Crippen LogP contribution is 2.53. The zero-order chi connectivity index (χ0) is 27.7. The molecule has 6 N–H and O–H groups in total. The van der Waals surface area contributed by atoms with Crippen LogP contribution in [0.5, 0.6) is 5.75 Å². The largest absolute Gasteiger partial charge is 0.508 e. The first-order valence-electron chi connectivity index (χ1n) is 12.0. The second-order valence-electron chi connectivity index (χ2n) is 10.2. The summed E-state index contributed by atoms with van der Waals surface area (Å²) < 4.78 is 0. The molecule has 5 rings (SSSR count). The van der Waals surface area contributed by atoms with Crippen LogP contribution < -0.4 is 5.73 Å². The maximum absolute atomic E-state index is 13.9. The molecule has 2 aromatic rings. The Hall–Kier alpha value is -4.28. The number of likely N-dealkylation sites (N-methyl/N-ethyl adjacent to an activating group) is 1. The van der Waals surface area contributed by atoms with Gasteiger partial charge in [0, 0.05) is 17.1 Å². The Labute approximate surface area is 217 Å². The summed E-state index contributed by atoms with van der Waals surface area (Å²) in [7, 11) is 3.09. The van der Waals surface area contributed by atoms with Gasteiger partial charge in [0.25, 0.3) is 5.91 Å². The fourth-order valence-corrected chi connectivity index (χ4v) is 6.29. The van der Waals surface area contributed by atoms with E-state index in [0.29, 0.717) is 28.5 Å². The molecule has 10 heteroatoms. The number of phenolic OH excluding ortho intramolecular Hbond substituents is 1. The SMILES string of the molecule is CN(C)[C@@H]1C(=O)C(C(N)=O)=C(O)[C@@]2(O)C(=O)C3=C(O)c4c(O)ccc(-c5cccc(C=O)c5)c4C[C@H]3C[C@@H]12. The second-order valence-corrected chi connectivity index (χ2v) is 10.2. The number of benzene rings is 2. The molecule has 4 atom stereocenters. The summed E-state index contributed by atoms with van der Waals surface area (Å²) in [6, 6.07) is 8.63. The van der Waals surface area contributed by atoms with Gasteiger partial charge in [0.05, 0.1) is 11.6 Å². The molecule has 2 aromatic carbocycles. The van der Waals surface area contributed by atoms with Gasteiger partial charge in [0.2, 0.25) is 5.78 Å². The Morgan fingerprint density at radius 1 is 1.13 bits per heavy atom. The number of ketones is 2. The van der Waals surface area contributed by atoms with Crippen LogP contribution in [0.25, 0.3) is 16.9 Å². The molecular formula is C28H26N2O8. The van der Waals surface area contributed by atoms with Crippen molar-refractivity contribution >= 4 is 29.5 Å². The van der Waals surface area contributed by atoms with Crippen LogP contribution in [-0.2, 0) is 20.8 Å². The predicted octanol–water partition coefficient (Wildman–Crippen LogP) is 1.44. The number of aldehydes is 1. The minimum absolute atomic E-state index is 0.00436. The zero-order valence-corrected chi connectivity index (χ0v) is 20.6. The molecule has 38 heavy (non-hydrogen) atoms. The van der Waals surface area contributed by atoms with E-state index in [1.54, 1.807) is 44.4 Å². The molecule has 0 saturated heterocycles. The standard InChI is InChI=1S/C28H26N2O8/c1-30(2)22-17-10-14-9-16-15(13-5-3-4-12(8-13)11-31)6-7-18(32)20(16)23(33)19(14)25(35)28(17,38)26(36)21(24(22)34)27(29)37/h3-8,11,14,17,22,32-33,36,38H,9-10H2,1-2H3,(H2,29,37)/t14-,17-,22-,28-/m0/s1. The number of nitrogens with two attached hydrogens (primary N) is 1. The lowest BCUT2D eigenvalue weighted by molar-refractivity contribution is -0.153. The van der Waals surface area contributed by atoms with E-state index >= 15 is 0 Å². The minimum atomic E-state index is -2.68. The highest BCUT2D eigenvalue weighted by Gasteiger charge is 2.64. The number of hydrogen-bond donors (Lipinski definition) is 5. The molecule has 0 spiro atoms. The average molecular weight is 519 g/mol. The number of carbonyl (C=O) groups is 4. The van der Waals surface area contributed by atoms with E-state index in [0.717, 1.165) is 0 Å². The van der Waals surface area contributed by atoms with Crippen LogP contribution in [0.1, 0.15) is 27.9 Å². The number of fused-ring (bicyclic) bond motifs is 3. The maximum atomic E-state index is 13.9. The van der Waals surface area contributed by atoms with Gasteiger partial charge in [0.15, 0.2) is 11.4 Å². The Balaban J connectivity index is 1.74. The van der Waals surface area contributed by atoms with Gasteiger partial charge in [-0.15, -0.1) is 0 Å². The lowest BCUT2D eigenvalue weighted by atomic mass is 9.57. The lowest BCUT2D eigenvalue weighted by Gasteiger charge is -2.50. The first-order chi connectivity index (χ1) is 17.9. The van der Waals surface area contributed by atoms with Crippen LogP contribution in [0.2, 0.25) is 0 Å². The molecule has 0 radical (unpaired) electrons. The van der Waals surface area contributed by atoms with E-state index in [9.17, 15) is 39.6 Å². The highest BCUT2D eigenvalue weighted by atomic mass is 16.3. The summed E-state index contributed by atoms with van der Waals surface area (Å²) in [4.78, 5) is 51.9. The van der Waals surface area contributed by atoms with Crippen molar-refractivity contribution in [3.63, 3.8) is 0 Å². The first kappa shape index (κ1) is 25.4. The van der Waals surface area contributed by atoms with Gasteiger partial charge in [-0.2, -0.15) is 0 Å². The molecular weight excluding hydrogens is 492 g/mol. The van der Waals surface area contributed by atoms with Crippen molar-refractivity contribution in [1.82, 2.24) is 4.90 Å². The molecule has 0 heterocycles. The summed E-state index contributed by atoms with van der Waals surface area (Å²) in [6.07, 6.45) is 0.854. The third kappa shape index (κ3) is 3.34. The quantitative estimate of drug-likeness (QED) is 0.296. The number of Topliss-reactive ketones (excluding diaryl/α,β-unsaturated/α-hetero) is 2. The molecule has 1 fully saturated rings. The monoisotopic (exact) mass is 518 g/mol. The van der Waals surface area contributed by atoms with Gasteiger partial charge in [-0.1, -0.05) is 24.3 Å². The summed E-state index contributed by atoms with van der Waals surface area (Å²) in [5.74, 6) is -6.99. The predicted molar refractivity (Wildman–Crippen MR) is 135 cm³/mol. The Kier molecular flexibility index (Phi) is 5.77. The number of hydrogen-bond acceptors (Lipinski definition) is 9. The van der Waals surface area contributed by atoms with E-state index in [4.69, 9.17) is 5.73 Å². The number of aromatic hydroxyl groups is 1. The molecule has 0 aliphatic heterocycles. The topological polar surface area (TPSA) is 178 Å². The Bertz CT molecular complexity index is 1500. The average Bonchev–Trinajstić information content (AvgIpc) is 2.86. The van der Waals surface area contributed by atoms with Crippen LogP contribution in [0, 0.1) is 11.8 Å². The maximum Gasteiger partial charge on any atom is 0.255 e. The number of phenols is 1. The first-order valence-corrected chi connectivity index (χ1v) is 12.0. The molecule has 0 aromatic heterocycles. The van der Waals surface area contributed by atoms with Gasteiger partial charge >= 0.3 is 0 Å². The summed E-state index contributed by atoms with van der Waals surface area (Å²) in [5.41, 5.74) is 3.82. The van der Waals surface area contributed by atoms with E-state index in [-0.39, 0.29) is 29.7 Å². The van der Waals surface area contributed by atoms with Crippen molar-refractivity contribution < 1.29 is 39.6 Å². The molecule has 1 saturated carbocycles. The Morgan fingerprint density at radius 3 is 2.47 bits per heavy atom. The lowest BCUT2D eigenvalue weighted by Crippen LogP contribution is -2.65. The van der Waals surface area contributed by atoms with Crippen LogP contribution in [0.15, 0.2) is 53.3 Å². The van der Waals surface area contributed by atoms with E-state index in [1.165, 1.54) is 11.0 Å². The number of amides is 1. The van der Waals surface area contributed by atoms with Gasteiger partial charge in [-0.25, -0.2) is 0 Å². The third-order valence-electron chi connectivity index (χ3n) is 7.94. The number of aliphatic hydroxyl groups is 3. The van der Waals surface area contributed by atoms with Crippen molar-refractivity contribution in [2.24, 2.45) is 17.6 Å². The van der Waals surface area contributed by atoms with E-state index in [1.807, 2.05) is 0 Å². The van der Waals surface area contributed by atoms with Gasteiger partial charge < -0.3 is 26.2 Å². The zero-order valence-electron chi connectivity index (χ0n) is 20.6.